The number of nitrogens with zero attached hydrogens (tertiary/aromatic N) is 2. The Bertz CT molecular complexity index is 395. The molecule has 2 nitrogen and oxygen atoms in total. The number of hydrogen-bond donors (Lipinski definition) is 0. The van der Waals surface area contributed by atoms with Crippen LogP contribution in [0, 0.1) is 5.92 Å². The zero-order valence-electron chi connectivity index (χ0n) is 10.5. The molecule has 1 aromatic carbocycles. The molecule has 3 heteroatoms. The Kier molecular flexibility index (Phi) is 4.53. The SMILES string of the molecule is C[N-]c1ccccc1[C](=[W])C1CCN(C)CC1. The molecule has 1 aromatic rings. The number of piperidine rings is 1. The minimum absolute atomic E-state index is 0.768. The third-order valence-electron chi connectivity index (χ3n) is 3.50. The summed E-state index contributed by atoms with van der Waals surface area (Å²) in [5.74, 6) is 0.768. The van der Waals surface area contributed by atoms with Crippen molar-refractivity contribution in [1.29, 1.82) is 0 Å². The van der Waals surface area contributed by atoms with Crippen LogP contribution in [-0.4, -0.2) is 36.0 Å². The molecule has 0 amide bonds. The molecule has 0 radical (unpaired) electrons. The Morgan fingerprint density at radius 1 is 1.29 bits per heavy atom. The van der Waals surface area contributed by atoms with Gasteiger partial charge in [0.2, 0.25) is 0 Å². The van der Waals surface area contributed by atoms with Crippen molar-refractivity contribution in [3.63, 3.8) is 0 Å². The zero-order chi connectivity index (χ0) is 12.3. The maximum atomic E-state index is 4.38. The van der Waals surface area contributed by atoms with Gasteiger partial charge in [-0.15, -0.1) is 0 Å². The standard InChI is InChI=1S/C14H19N2.W/c1-15-14-6-4-3-5-13(14)11-12-7-9-16(2)10-8-12;/h3-6,12H,7-10H2,1-2H3;/q-1;. The summed E-state index contributed by atoms with van der Waals surface area (Å²) in [4.78, 5) is 2.43. The van der Waals surface area contributed by atoms with Crippen LogP contribution in [0.4, 0.5) is 5.69 Å². The predicted octanol–water partition coefficient (Wildman–Crippen LogP) is 2.73. The Labute approximate surface area is 115 Å². The zero-order valence-corrected chi connectivity index (χ0v) is 13.5. The van der Waals surface area contributed by atoms with E-state index < -0.39 is 0 Å². The van der Waals surface area contributed by atoms with Crippen LogP contribution in [0.3, 0.4) is 0 Å². The van der Waals surface area contributed by atoms with E-state index in [2.05, 4.69) is 41.5 Å². The molecule has 0 N–H and O–H groups in total. The fourth-order valence-corrected chi connectivity index (χ4v) is 3.83. The van der Waals surface area contributed by atoms with Gasteiger partial charge in [0.15, 0.2) is 0 Å². The molecule has 0 atom stereocenters. The van der Waals surface area contributed by atoms with Crippen molar-refractivity contribution in [2.75, 3.05) is 27.2 Å². The van der Waals surface area contributed by atoms with E-state index in [1.807, 2.05) is 7.05 Å². The molecule has 92 valence electrons. The fourth-order valence-electron chi connectivity index (χ4n) is 2.37. The van der Waals surface area contributed by atoms with Gasteiger partial charge in [-0.1, -0.05) is 0 Å². The summed E-state index contributed by atoms with van der Waals surface area (Å²) in [7, 11) is 4.10. The van der Waals surface area contributed by atoms with Gasteiger partial charge in [-0.05, 0) is 0 Å². The van der Waals surface area contributed by atoms with E-state index in [4.69, 9.17) is 0 Å². The summed E-state index contributed by atoms with van der Waals surface area (Å²) in [6.07, 6.45) is 2.60. The summed E-state index contributed by atoms with van der Waals surface area (Å²) in [5.41, 5.74) is 2.52. The number of benzene rings is 1. The molecule has 1 aliphatic rings. The molecule has 1 aliphatic heterocycles. The van der Waals surface area contributed by atoms with E-state index in [1.165, 1.54) is 31.5 Å². The second-order valence-electron chi connectivity index (χ2n) is 4.68. The molecule has 0 saturated carbocycles. The third kappa shape index (κ3) is 3.05. The van der Waals surface area contributed by atoms with Crippen LogP contribution in [0.5, 0.6) is 0 Å². The summed E-state index contributed by atoms with van der Waals surface area (Å²) >= 11 is 1.60. The fraction of sp³-hybridized carbons (Fsp3) is 0.500. The van der Waals surface area contributed by atoms with E-state index in [9.17, 15) is 0 Å². The number of hydrogen-bond acceptors (Lipinski definition) is 1. The number of rotatable bonds is 3. The first-order chi connectivity index (χ1) is 8.22. The maximum absolute atomic E-state index is 4.38. The van der Waals surface area contributed by atoms with Crippen LogP contribution >= 0.6 is 0 Å². The Morgan fingerprint density at radius 2 is 1.94 bits per heavy atom. The van der Waals surface area contributed by atoms with Crippen molar-refractivity contribution in [1.82, 2.24) is 4.90 Å². The van der Waals surface area contributed by atoms with Crippen LogP contribution in [0.15, 0.2) is 24.3 Å². The molecule has 17 heavy (non-hydrogen) atoms. The van der Waals surface area contributed by atoms with Crippen LogP contribution in [0.2, 0.25) is 0 Å². The minimum atomic E-state index is 0.768. The molecule has 0 unspecified atom stereocenters. The van der Waals surface area contributed by atoms with Crippen LogP contribution in [0.1, 0.15) is 18.4 Å². The average Bonchev–Trinajstić information content (AvgIpc) is 2.39. The predicted molar refractivity (Wildman–Crippen MR) is 69.7 cm³/mol. The molecule has 0 aliphatic carbocycles. The Balaban J connectivity index is 2.14. The topological polar surface area (TPSA) is 17.3 Å². The van der Waals surface area contributed by atoms with Gasteiger partial charge < -0.3 is 0 Å². The van der Waals surface area contributed by atoms with Gasteiger partial charge in [-0.2, -0.15) is 0 Å². The molecule has 1 fully saturated rings. The van der Waals surface area contributed by atoms with Crippen molar-refractivity contribution in [3.8, 4) is 0 Å². The van der Waals surface area contributed by atoms with Gasteiger partial charge in [0, 0.05) is 0 Å². The second kappa shape index (κ2) is 5.93. The van der Waals surface area contributed by atoms with E-state index in [-0.39, 0.29) is 0 Å². The monoisotopic (exact) mass is 399 g/mol. The van der Waals surface area contributed by atoms with Crippen LogP contribution in [-0.2, 0) is 19.4 Å². The first-order valence-corrected chi connectivity index (χ1v) is 7.60. The van der Waals surface area contributed by atoms with E-state index in [0.717, 1.165) is 11.6 Å². The van der Waals surface area contributed by atoms with E-state index in [1.54, 1.807) is 23.3 Å². The van der Waals surface area contributed by atoms with Crippen molar-refractivity contribution in [2.45, 2.75) is 12.8 Å². The van der Waals surface area contributed by atoms with Gasteiger partial charge in [-0.3, -0.25) is 0 Å². The number of likely N-dealkylation sites (tertiary alicyclic amines) is 1. The summed E-state index contributed by atoms with van der Waals surface area (Å²) in [5, 5.41) is 4.38. The summed E-state index contributed by atoms with van der Waals surface area (Å²) < 4.78 is 1.60. The van der Waals surface area contributed by atoms with Crippen molar-refractivity contribution in [2.24, 2.45) is 5.92 Å². The molecule has 1 saturated heterocycles. The van der Waals surface area contributed by atoms with Gasteiger partial charge in [0.25, 0.3) is 0 Å². The van der Waals surface area contributed by atoms with Crippen molar-refractivity contribution >= 4 is 9.59 Å². The van der Waals surface area contributed by atoms with Gasteiger partial charge in [0.1, 0.15) is 0 Å². The molecule has 2 rings (SSSR count). The molecular weight excluding hydrogens is 380 g/mol. The molecule has 1 heterocycles. The Hall–Kier alpha value is -0.462. The van der Waals surface area contributed by atoms with E-state index >= 15 is 0 Å². The normalized spacial score (nSPS) is 18.0. The van der Waals surface area contributed by atoms with Gasteiger partial charge in [0.05, 0.1) is 0 Å². The second-order valence-corrected chi connectivity index (χ2v) is 6.26. The molecular formula is C14H19N2W-. The molecule has 0 bridgehead atoms. The van der Waals surface area contributed by atoms with E-state index in [0.29, 0.717) is 0 Å². The van der Waals surface area contributed by atoms with Gasteiger partial charge >= 0.3 is 115 Å². The Morgan fingerprint density at radius 3 is 2.59 bits per heavy atom. The van der Waals surface area contributed by atoms with Crippen molar-refractivity contribution < 1.29 is 19.4 Å². The molecule has 0 aromatic heterocycles. The summed E-state index contributed by atoms with van der Waals surface area (Å²) in [6, 6.07) is 8.54. The van der Waals surface area contributed by atoms with Crippen molar-refractivity contribution in [3.05, 3.63) is 35.1 Å². The summed E-state index contributed by atoms with van der Waals surface area (Å²) in [6.45, 7) is 2.46. The number of para-hydroxylation sites is 1. The first-order valence-electron chi connectivity index (χ1n) is 6.14. The third-order valence-corrected chi connectivity index (χ3v) is 5.49. The first kappa shape index (κ1) is 13.0. The van der Waals surface area contributed by atoms with Crippen LogP contribution in [0.25, 0.3) is 5.32 Å². The quantitative estimate of drug-likeness (QED) is 0.765. The van der Waals surface area contributed by atoms with Gasteiger partial charge in [-0.25, -0.2) is 0 Å². The molecule has 0 spiro atoms. The average molecular weight is 399 g/mol. The van der Waals surface area contributed by atoms with Crippen LogP contribution < -0.4 is 0 Å².